The van der Waals surface area contributed by atoms with E-state index < -0.39 is 0 Å². The summed E-state index contributed by atoms with van der Waals surface area (Å²) in [5.41, 5.74) is 2.89. The molecule has 2 heterocycles. The summed E-state index contributed by atoms with van der Waals surface area (Å²) < 4.78 is 0. The average Bonchev–Trinajstić information content (AvgIpc) is 2.63. The van der Waals surface area contributed by atoms with Gasteiger partial charge >= 0.3 is 0 Å². The molecule has 0 saturated carbocycles. The highest BCUT2D eigenvalue weighted by Crippen LogP contribution is 2.17. The molecule has 0 atom stereocenters. The summed E-state index contributed by atoms with van der Waals surface area (Å²) in [5.74, 6) is -0.185. The van der Waals surface area contributed by atoms with Crippen LogP contribution in [0.15, 0.2) is 48.7 Å². The Morgan fingerprint density at radius 1 is 1.25 bits per heavy atom. The van der Waals surface area contributed by atoms with Gasteiger partial charge in [0.05, 0.1) is 18.8 Å². The molecular formula is C18H20N4O2. The summed E-state index contributed by atoms with van der Waals surface area (Å²) >= 11 is 0. The molecule has 0 aliphatic carbocycles. The van der Waals surface area contributed by atoms with Crippen molar-refractivity contribution in [2.45, 2.75) is 6.54 Å². The van der Waals surface area contributed by atoms with E-state index in [-0.39, 0.29) is 18.4 Å². The number of hydrogen-bond donors (Lipinski definition) is 2. The number of carbonyl (C=O) groups excluding carboxylic acids is 2. The maximum Gasteiger partial charge on any atom is 0.239 e. The van der Waals surface area contributed by atoms with Crippen molar-refractivity contribution in [3.63, 3.8) is 0 Å². The van der Waals surface area contributed by atoms with Gasteiger partial charge in [0.25, 0.3) is 0 Å². The van der Waals surface area contributed by atoms with Gasteiger partial charge in [-0.1, -0.05) is 30.3 Å². The van der Waals surface area contributed by atoms with Crippen LogP contribution in [0.3, 0.4) is 0 Å². The van der Waals surface area contributed by atoms with Crippen LogP contribution in [0, 0.1) is 0 Å². The first kappa shape index (κ1) is 16.1. The number of rotatable bonds is 5. The predicted molar refractivity (Wildman–Crippen MR) is 91.0 cm³/mol. The Labute approximate surface area is 140 Å². The van der Waals surface area contributed by atoms with Gasteiger partial charge < -0.3 is 15.5 Å². The third-order valence-electron chi connectivity index (χ3n) is 3.91. The molecule has 1 aliphatic rings. The molecule has 124 valence electrons. The fourth-order valence-corrected chi connectivity index (χ4v) is 2.59. The zero-order valence-corrected chi connectivity index (χ0v) is 13.4. The van der Waals surface area contributed by atoms with Crippen molar-refractivity contribution in [1.29, 1.82) is 0 Å². The molecule has 1 saturated heterocycles. The van der Waals surface area contributed by atoms with Crippen LogP contribution < -0.4 is 10.6 Å². The lowest BCUT2D eigenvalue weighted by Crippen LogP contribution is -2.51. The van der Waals surface area contributed by atoms with E-state index in [2.05, 4.69) is 15.6 Å². The molecule has 6 nitrogen and oxygen atoms in total. The van der Waals surface area contributed by atoms with Crippen LogP contribution in [0.1, 0.15) is 5.56 Å². The van der Waals surface area contributed by atoms with Crippen molar-refractivity contribution in [2.24, 2.45) is 0 Å². The predicted octanol–water partition coefficient (Wildman–Crippen LogP) is 0.797. The Bertz CT molecular complexity index is 718. The average molecular weight is 324 g/mol. The summed E-state index contributed by atoms with van der Waals surface area (Å²) in [6.07, 6.45) is 1.74. The maximum atomic E-state index is 12.0. The lowest BCUT2D eigenvalue weighted by Gasteiger charge is -2.26. The normalized spacial score (nSPS) is 14.5. The second-order valence-corrected chi connectivity index (χ2v) is 5.68. The van der Waals surface area contributed by atoms with Crippen LogP contribution in [-0.2, 0) is 16.1 Å². The molecule has 2 aromatic rings. The zero-order chi connectivity index (χ0) is 16.8. The number of piperazine rings is 1. The second kappa shape index (κ2) is 7.70. The van der Waals surface area contributed by atoms with Crippen molar-refractivity contribution in [1.82, 2.24) is 20.5 Å². The highest BCUT2D eigenvalue weighted by molar-refractivity contribution is 5.86. The van der Waals surface area contributed by atoms with Gasteiger partial charge in [-0.3, -0.25) is 14.6 Å². The fraction of sp³-hybridized carbons (Fsp3) is 0.278. The van der Waals surface area contributed by atoms with E-state index in [9.17, 15) is 9.59 Å². The van der Waals surface area contributed by atoms with E-state index in [1.807, 2.05) is 42.5 Å². The van der Waals surface area contributed by atoms with Gasteiger partial charge in [0, 0.05) is 31.4 Å². The monoisotopic (exact) mass is 324 g/mol. The van der Waals surface area contributed by atoms with Gasteiger partial charge in [-0.15, -0.1) is 0 Å². The molecule has 0 radical (unpaired) electrons. The van der Waals surface area contributed by atoms with Crippen LogP contribution in [-0.4, -0.2) is 47.9 Å². The third kappa shape index (κ3) is 4.17. The molecule has 1 aromatic heterocycles. The van der Waals surface area contributed by atoms with Crippen molar-refractivity contribution in [3.05, 3.63) is 54.2 Å². The van der Waals surface area contributed by atoms with Crippen LogP contribution in [0.5, 0.6) is 0 Å². The molecule has 1 fully saturated rings. The lowest BCUT2D eigenvalue weighted by molar-refractivity contribution is -0.136. The molecule has 1 aromatic carbocycles. The molecule has 24 heavy (non-hydrogen) atoms. The quantitative estimate of drug-likeness (QED) is 0.853. The molecule has 6 heteroatoms. The standard InChI is InChI=1S/C18H20N4O2/c23-17(13-22-9-8-19-12-18(22)24)21-11-14-6-7-20-16(10-14)15-4-2-1-3-5-15/h1-7,10,19H,8-9,11-13H2,(H,21,23). The van der Waals surface area contributed by atoms with Crippen LogP contribution in [0.2, 0.25) is 0 Å². The zero-order valence-electron chi connectivity index (χ0n) is 13.4. The second-order valence-electron chi connectivity index (χ2n) is 5.68. The lowest BCUT2D eigenvalue weighted by atomic mass is 10.1. The minimum atomic E-state index is -0.150. The molecule has 3 rings (SSSR count). The molecule has 2 N–H and O–H groups in total. The summed E-state index contributed by atoms with van der Waals surface area (Å²) in [6.45, 7) is 2.13. The van der Waals surface area contributed by atoms with Gasteiger partial charge in [0.1, 0.15) is 0 Å². The Balaban J connectivity index is 1.56. The smallest absolute Gasteiger partial charge is 0.239 e. The Kier molecular flexibility index (Phi) is 5.18. The van der Waals surface area contributed by atoms with Gasteiger partial charge in [0.2, 0.25) is 11.8 Å². The number of aromatic nitrogens is 1. The van der Waals surface area contributed by atoms with E-state index in [1.54, 1.807) is 11.1 Å². The first-order valence-electron chi connectivity index (χ1n) is 7.98. The molecule has 0 bridgehead atoms. The fourth-order valence-electron chi connectivity index (χ4n) is 2.59. The van der Waals surface area contributed by atoms with Gasteiger partial charge in [-0.25, -0.2) is 0 Å². The van der Waals surface area contributed by atoms with E-state index in [1.165, 1.54) is 0 Å². The Morgan fingerprint density at radius 3 is 2.88 bits per heavy atom. The SMILES string of the molecule is O=C(CN1CCNCC1=O)NCc1ccnc(-c2ccccc2)c1. The highest BCUT2D eigenvalue weighted by Gasteiger charge is 2.19. The van der Waals surface area contributed by atoms with Gasteiger partial charge in [-0.2, -0.15) is 0 Å². The minimum Gasteiger partial charge on any atom is -0.350 e. The highest BCUT2D eigenvalue weighted by atomic mass is 16.2. The molecule has 2 amide bonds. The van der Waals surface area contributed by atoms with E-state index >= 15 is 0 Å². The summed E-state index contributed by atoms with van der Waals surface area (Å²) in [6, 6.07) is 13.7. The van der Waals surface area contributed by atoms with E-state index in [0.29, 0.717) is 19.6 Å². The molecule has 0 spiro atoms. The number of nitrogens with one attached hydrogen (secondary N) is 2. The van der Waals surface area contributed by atoms with Crippen molar-refractivity contribution in [3.8, 4) is 11.3 Å². The number of benzene rings is 1. The van der Waals surface area contributed by atoms with Crippen molar-refractivity contribution < 1.29 is 9.59 Å². The molecular weight excluding hydrogens is 304 g/mol. The van der Waals surface area contributed by atoms with Crippen LogP contribution >= 0.6 is 0 Å². The van der Waals surface area contributed by atoms with Gasteiger partial charge in [0.15, 0.2) is 0 Å². The number of carbonyl (C=O) groups is 2. The minimum absolute atomic E-state index is 0.0355. The molecule has 1 aliphatic heterocycles. The number of amides is 2. The number of hydrogen-bond acceptors (Lipinski definition) is 4. The summed E-state index contributed by atoms with van der Waals surface area (Å²) in [5, 5.41) is 5.85. The number of pyridine rings is 1. The maximum absolute atomic E-state index is 12.0. The first-order chi connectivity index (χ1) is 11.7. The molecule has 0 unspecified atom stereocenters. The van der Waals surface area contributed by atoms with Crippen LogP contribution in [0.25, 0.3) is 11.3 Å². The largest absolute Gasteiger partial charge is 0.350 e. The summed E-state index contributed by atoms with van der Waals surface area (Å²) in [7, 11) is 0. The van der Waals surface area contributed by atoms with E-state index in [4.69, 9.17) is 0 Å². The first-order valence-corrected chi connectivity index (χ1v) is 7.98. The topological polar surface area (TPSA) is 74.3 Å². The Morgan fingerprint density at radius 2 is 2.08 bits per heavy atom. The summed E-state index contributed by atoms with van der Waals surface area (Å²) in [4.78, 5) is 29.7. The van der Waals surface area contributed by atoms with Crippen LogP contribution in [0.4, 0.5) is 0 Å². The third-order valence-corrected chi connectivity index (χ3v) is 3.91. The Hall–Kier alpha value is -2.73. The van der Waals surface area contributed by atoms with Gasteiger partial charge in [-0.05, 0) is 17.7 Å². The van der Waals surface area contributed by atoms with Crippen molar-refractivity contribution in [2.75, 3.05) is 26.2 Å². The van der Waals surface area contributed by atoms with E-state index in [0.717, 1.165) is 23.4 Å². The van der Waals surface area contributed by atoms with Crippen molar-refractivity contribution >= 4 is 11.8 Å². The number of nitrogens with zero attached hydrogens (tertiary/aromatic N) is 2.